The van der Waals surface area contributed by atoms with Crippen LogP contribution in [0.3, 0.4) is 0 Å². The summed E-state index contributed by atoms with van der Waals surface area (Å²) >= 11 is 7.34. The Morgan fingerprint density at radius 1 is 1.08 bits per heavy atom. The van der Waals surface area contributed by atoms with Crippen LogP contribution in [0.4, 0.5) is 4.39 Å². The van der Waals surface area contributed by atoms with Gasteiger partial charge in [-0.1, -0.05) is 29.4 Å². The molecule has 0 N–H and O–H groups in total. The third-order valence-corrected chi connectivity index (χ3v) is 4.59. The van der Waals surface area contributed by atoms with Gasteiger partial charge >= 0.3 is 0 Å². The molecule has 0 aliphatic heterocycles. The van der Waals surface area contributed by atoms with Crippen molar-refractivity contribution in [1.29, 1.82) is 0 Å². The molecule has 0 radical (unpaired) electrons. The van der Waals surface area contributed by atoms with E-state index in [9.17, 15) is 4.39 Å². The maximum Gasteiger partial charge on any atom is 0.277 e. The fraction of sp³-hybridized carbons (Fsp3) is 0.176. The first kappa shape index (κ1) is 17.6. The molecule has 0 bridgehead atoms. The molecule has 3 rings (SSSR count). The van der Waals surface area contributed by atoms with E-state index in [1.165, 1.54) is 23.9 Å². The van der Waals surface area contributed by atoms with Crippen LogP contribution in [0.25, 0.3) is 11.5 Å². The Morgan fingerprint density at radius 3 is 2.44 bits per heavy atom. The molecule has 0 atom stereocenters. The van der Waals surface area contributed by atoms with Crippen LogP contribution in [-0.2, 0) is 5.75 Å². The van der Waals surface area contributed by atoms with Gasteiger partial charge in [0.2, 0.25) is 5.89 Å². The summed E-state index contributed by atoms with van der Waals surface area (Å²) in [7, 11) is 3.14. The van der Waals surface area contributed by atoms with Gasteiger partial charge in [0.05, 0.1) is 14.2 Å². The summed E-state index contributed by atoms with van der Waals surface area (Å²) < 4.78 is 29.2. The number of hydrogen-bond donors (Lipinski definition) is 0. The van der Waals surface area contributed by atoms with Crippen LogP contribution in [0.2, 0.25) is 5.02 Å². The second-order valence-corrected chi connectivity index (χ2v) is 6.33. The fourth-order valence-corrected chi connectivity index (χ4v) is 3.17. The Balaban J connectivity index is 1.76. The van der Waals surface area contributed by atoms with Gasteiger partial charge in [-0.15, -0.1) is 10.2 Å². The molecule has 0 spiro atoms. The molecule has 0 aliphatic rings. The maximum atomic E-state index is 13.1. The molecule has 5 nitrogen and oxygen atoms in total. The highest BCUT2D eigenvalue weighted by Gasteiger charge is 2.13. The van der Waals surface area contributed by atoms with Crippen LogP contribution in [-0.4, -0.2) is 24.4 Å². The molecule has 1 heterocycles. The van der Waals surface area contributed by atoms with Gasteiger partial charge in [-0.25, -0.2) is 4.39 Å². The first-order valence-corrected chi connectivity index (χ1v) is 8.59. The highest BCUT2D eigenvalue weighted by atomic mass is 35.5. The highest BCUT2D eigenvalue weighted by molar-refractivity contribution is 7.98. The van der Waals surface area contributed by atoms with Gasteiger partial charge in [-0.3, -0.25) is 0 Å². The van der Waals surface area contributed by atoms with E-state index in [1.54, 1.807) is 38.5 Å². The van der Waals surface area contributed by atoms with E-state index in [4.69, 9.17) is 25.5 Å². The quantitative estimate of drug-likeness (QED) is 0.570. The summed E-state index contributed by atoms with van der Waals surface area (Å²) in [6.45, 7) is 0. The van der Waals surface area contributed by atoms with E-state index in [-0.39, 0.29) is 5.82 Å². The smallest absolute Gasteiger partial charge is 0.277 e. The number of ether oxygens (including phenoxy) is 2. The number of halogens is 2. The maximum absolute atomic E-state index is 13.1. The lowest BCUT2D eigenvalue weighted by atomic mass is 10.2. The molecule has 0 fully saturated rings. The Labute approximate surface area is 153 Å². The predicted molar refractivity (Wildman–Crippen MR) is 93.8 cm³/mol. The normalized spacial score (nSPS) is 10.7. The van der Waals surface area contributed by atoms with Crippen molar-refractivity contribution in [2.24, 2.45) is 0 Å². The van der Waals surface area contributed by atoms with E-state index in [0.29, 0.717) is 39.0 Å². The number of hydrogen-bond acceptors (Lipinski definition) is 6. The molecule has 1 aromatic heterocycles. The number of benzene rings is 2. The SMILES string of the molecule is COc1cc(OC)cc(-c2nnc(SCc3ccc(F)cc3Cl)o2)c1. The van der Waals surface area contributed by atoms with Crippen LogP contribution in [0, 0.1) is 5.82 Å². The van der Waals surface area contributed by atoms with Crippen molar-refractivity contribution in [3.63, 3.8) is 0 Å². The van der Waals surface area contributed by atoms with Gasteiger partial charge in [-0.2, -0.15) is 0 Å². The van der Waals surface area contributed by atoms with Gasteiger partial charge in [-0.05, 0) is 29.8 Å². The highest BCUT2D eigenvalue weighted by Crippen LogP contribution is 2.32. The minimum atomic E-state index is -0.370. The van der Waals surface area contributed by atoms with Gasteiger partial charge < -0.3 is 13.9 Å². The molecule has 25 heavy (non-hydrogen) atoms. The van der Waals surface area contributed by atoms with Crippen molar-refractivity contribution in [3.8, 4) is 23.0 Å². The van der Waals surface area contributed by atoms with Crippen LogP contribution in [0.15, 0.2) is 46.0 Å². The Bertz CT molecular complexity index is 866. The Kier molecular flexibility index (Phi) is 5.45. The molecular weight excluding hydrogens is 367 g/mol. The second-order valence-electron chi connectivity index (χ2n) is 5.00. The molecule has 0 saturated carbocycles. The Hall–Kier alpha value is -2.25. The molecular formula is C17H14ClFN2O3S. The third-order valence-electron chi connectivity index (χ3n) is 3.37. The van der Waals surface area contributed by atoms with E-state index >= 15 is 0 Å². The van der Waals surface area contributed by atoms with Crippen molar-refractivity contribution in [3.05, 3.63) is 52.8 Å². The standard InChI is InChI=1S/C17H14ClFN2O3S/c1-22-13-5-11(6-14(8-13)23-2)16-20-21-17(24-16)25-9-10-3-4-12(19)7-15(10)18/h3-8H,9H2,1-2H3. The first-order valence-electron chi connectivity index (χ1n) is 7.22. The summed E-state index contributed by atoms with van der Waals surface area (Å²) in [6.07, 6.45) is 0. The van der Waals surface area contributed by atoms with Crippen molar-refractivity contribution in [2.45, 2.75) is 11.0 Å². The zero-order valence-corrected chi connectivity index (χ0v) is 15.0. The number of rotatable bonds is 6. The van der Waals surface area contributed by atoms with Gasteiger partial charge in [0, 0.05) is 22.4 Å². The van der Waals surface area contributed by atoms with Crippen molar-refractivity contribution < 1.29 is 18.3 Å². The van der Waals surface area contributed by atoms with E-state index in [2.05, 4.69) is 10.2 Å². The van der Waals surface area contributed by atoms with Gasteiger partial charge in [0.15, 0.2) is 0 Å². The third kappa shape index (κ3) is 4.24. The fourth-order valence-electron chi connectivity index (χ4n) is 2.09. The molecule has 0 unspecified atom stereocenters. The summed E-state index contributed by atoms with van der Waals surface area (Å²) in [5.41, 5.74) is 1.48. The number of nitrogens with zero attached hydrogens (tertiary/aromatic N) is 2. The topological polar surface area (TPSA) is 57.4 Å². The van der Waals surface area contributed by atoms with Crippen LogP contribution in [0.5, 0.6) is 11.5 Å². The second kappa shape index (κ2) is 7.76. The van der Waals surface area contributed by atoms with Crippen molar-refractivity contribution >= 4 is 23.4 Å². The van der Waals surface area contributed by atoms with Crippen LogP contribution in [0.1, 0.15) is 5.56 Å². The summed E-state index contributed by atoms with van der Waals surface area (Å²) in [5.74, 6) is 1.72. The molecule has 3 aromatic rings. The monoisotopic (exact) mass is 380 g/mol. The summed E-state index contributed by atoms with van der Waals surface area (Å²) in [5, 5.41) is 8.81. The molecule has 130 valence electrons. The number of methoxy groups -OCH3 is 2. The van der Waals surface area contributed by atoms with Crippen LogP contribution >= 0.6 is 23.4 Å². The lowest BCUT2D eigenvalue weighted by molar-refractivity contribution is 0.394. The zero-order valence-electron chi connectivity index (χ0n) is 13.5. The number of aromatic nitrogens is 2. The molecule has 0 amide bonds. The summed E-state index contributed by atoms with van der Waals surface area (Å²) in [6, 6.07) is 9.59. The van der Waals surface area contributed by atoms with E-state index < -0.39 is 0 Å². The van der Waals surface area contributed by atoms with Gasteiger partial charge in [0.1, 0.15) is 17.3 Å². The molecule has 0 saturated heterocycles. The summed E-state index contributed by atoms with van der Waals surface area (Å²) in [4.78, 5) is 0. The minimum absolute atomic E-state index is 0.352. The minimum Gasteiger partial charge on any atom is -0.497 e. The lowest BCUT2D eigenvalue weighted by Gasteiger charge is -2.05. The van der Waals surface area contributed by atoms with Crippen molar-refractivity contribution in [1.82, 2.24) is 10.2 Å². The molecule has 8 heteroatoms. The van der Waals surface area contributed by atoms with E-state index in [0.717, 1.165) is 5.56 Å². The zero-order chi connectivity index (χ0) is 17.8. The van der Waals surface area contributed by atoms with Crippen LogP contribution < -0.4 is 9.47 Å². The predicted octanol–water partition coefficient (Wildman–Crippen LogP) is 4.84. The first-order chi connectivity index (χ1) is 12.1. The lowest BCUT2D eigenvalue weighted by Crippen LogP contribution is -1.88. The average molecular weight is 381 g/mol. The average Bonchev–Trinajstić information content (AvgIpc) is 3.09. The Morgan fingerprint density at radius 2 is 1.80 bits per heavy atom. The molecule has 0 aliphatic carbocycles. The number of thioether (sulfide) groups is 1. The molecule has 2 aromatic carbocycles. The largest absolute Gasteiger partial charge is 0.497 e. The van der Waals surface area contributed by atoms with E-state index in [1.807, 2.05) is 0 Å². The van der Waals surface area contributed by atoms with Crippen molar-refractivity contribution in [2.75, 3.05) is 14.2 Å². The van der Waals surface area contributed by atoms with Gasteiger partial charge in [0.25, 0.3) is 5.22 Å².